The molecule has 2 aliphatic rings. The lowest BCUT2D eigenvalue weighted by Crippen LogP contribution is -2.10. The first kappa shape index (κ1) is 27.4. The van der Waals surface area contributed by atoms with E-state index < -0.39 is 0 Å². The van der Waals surface area contributed by atoms with Crippen molar-refractivity contribution in [1.29, 1.82) is 0 Å². The fourth-order valence-corrected chi connectivity index (χ4v) is 4.03. The first-order valence-electron chi connectivity index (χ1n) is 12.9. The first-order valence-corrected chi connectivity index (χ1v) is 12.9. The number of benzene rings is 2. The predicted octanol–water partition coefficient (Wildman–Crippen LogP) is 9.18. The lowest BCUT2D eigenvalue weighted by molar-refractivity contribution is 0.810. The molecule has 0 saturated heterocycles. The largest absolute Gasteiger partial charge is 0.385 e. The normalized spacial score (nSPS) is 15.1. The average Bonchev–Trinajstić information content (AvgIpc) is 3.67. The van der Waals surface area contributed by atoms with Gasteiger partial charge in [-0.15, -0.1) is 0 Å². The zero-order chi connectivity index (χ0) is 24.9. The Hall–Kier alpha value is -2.80. The van der Waals surface area contributed by atoms with Crippen LogP contribution in [0.2, 0.25) is 0 Å². The molecule has 0 aliphatic heterocycles. The molecule has 0 unspecified atom stereocenters. The highest BCUT2D eigenvalue weighted by atomic mass is 14.9. The second-order valence-corrected chi connectivity index (χ2v) is 9.50. The molecule has 2 aromatic carbocycles. The van der Waals surface area contributed by atoms with Gasteiger partial charge in [-0.1, -0.05) is 85.8 Å². The summed E-state index contributed by atoms with van der Waals surface area (Å²) in [5.41, 5.74) is 11.1. The predicted molar refractivity (Wildman–Crippen MR) is 151 cm³/mol. The Bertz CT molecular complexity index is 997. The van der Waals surface area contributed by atoms with Crippen molar-refractivity contribution in [3.63, 3.8) is 0 Å². The highest BCUT2D eigenvalue weighted by Gasteiger charge is 2.28. The van der Waals surface area contributed by atoms with Crippen LogP contribution < -0.4 is 5.32 Å². The highest BCUT2D eigenvalue weighted by Crippen LogP contribution is 2.42. The molecule has 0 aromatic heterocycles. The van der Waals surface area contributed by atoms with E-state index >= 15 is 0 Å². The van der Waals surface area contributed by atoms with Gasteiger partial charge in [0.2, 0.25) is 0 Å². The standard InChI is InChI=1S/C13H18.C11H15N.C9H12/c1-3-12(11-8-9-11)13-7-5-4-6-10(13)2;1-9(2)12-8-11-7-5-4-6-10(11)3;1-3-9-6-4-8(2)5-7-9/h3,6-7,11H,4-5,8-9H2,1-2H3;4-7,12H,1,8H2,2-3H3;4-7H,3H2,1-2H3/b12-3-;;. The van der Waals surface area contributed by atoms with Gasteiger partial charge in [0.15, 0.2) is 0 Å². The first-order chi connectivity index (χ1) is 16.3. The summed E-state index contributed by atoms with van der Waals surface area (Å²) in [5, 5.41) is 3.21. The van der Waals surface area contributed by atoms with Crippen molar-refractivity contribution in [1.82, 2.24) is 5.32 Å². The molecule has 0 heterocycles. The molecule has 34 heavy (non-hydrogen) atoms. The van der Waals surface area contributed by atoms with Crippen LogP contribution in [-0.4, -0.2) is 0 Å². The van der Waals surface area contributed by atoms with Crippen LogP contribution in [0, 0.1) is 19.8 Å². The van der Waals surface area contributed by atoms with Gasteiger partial charge in [-0.2, -0.15) is 0 Å². The molecule has 1 fully saturated rings. The summed E-state index contributed by atoms with van der Waals surface area (Å²) < 4.78 is 0. The molecule has 0 amide bonds. The molecule has 1 N–H and O–H groups in total. The summed E-state index contributed by atoms with van der Waals surface area (Å²) in [4.78, 5) is 0. The van der Waals surface area contributed by atoms with Crippen molar-refractivity contribution in [3.05, 3.63) is 118 Å². The molecule has 182 valence electrons. The lowest BCUT2D eigenvalue weighted by Gasteiger charge is -2.15. The van der Waals surface area contributed by atoms with E-state index in [1.165, 1.54) is 59.1 Å². The van der Waals surface area contributed by atoms with Gasteiger partial charge in [0.1, 0.15) is 0 Å². The SMILES string of the molecule is C/C=C(\C1=CCCC=C1C)C1CC1.C=C(C)NCc1ccccc1C.CCc1ccc(C)cc1. The highest BCUT2D eigenvalue weighted by molar-refractivity contribution is 5.49. The van der Waals surface area contributed by atoms with Gasteiger partial charge in [0.25, 0.3) is 0 Å². The van der Waals surface area contributed by atoms with E-state index in [0.29, 0.717) is 0 Å². The van der Waals surface area contributed by atoms with E-state index in [-0.39, 0.29) is 0 Å². The average molecular weight is 456 g/mol. The zero-order valence-electron chi connectivity index (χ0n) is 22.4. The zero-order valence-corrected chi connectivity index (χ0v) is 22.4. The summed E-state index contributed by atoms with van der Waals surface area (Å²) in [5.74, 6) is 0.887. The van der Waals surface area contributed by atoms with Crippen LogP contribution in [0.5, 0.6) is 0 Å². The Labute approximate surface area is 209 Å². The van der Waals surface area contributed by atoms with Crippen LogP contribution in [0.15, 0.2) is 95.8 Å². The van der Waals surface area contributed by atoms with Crippen LogP contribution in [0.4, 0.5) is 0 Å². The summed E-state index contributed by atoms with van der Waals surface area (Å²) in [7, 11) is 0. The van der Waals surface area contributed by atoms with Crippen LogP contribution in [0.25, 0.3) is 0 Å². The van der Waals surface area contributed by atoms with E-state index in [0.717, 1.165) is 24.6 Å². The van der Waals surface area contributed by atoms with Crippen molar-refractivity contribution in [2.24, 2.45) is 5.92 Å². The van der Waals surface area contributed by atoms with Gasteiger partial charge in [0, 0.05) is 12.2 Å². The molecule has 4 rings (SSSR count). The maximum Gasteiger partial charge on any atom is 0.0400 e. The second-order valence-electron chi connectivity index (χ2n) is 9.50. The monoisotopic (exact) mass is 455 g/mol. The van der Waals surface area contributed by atoms with Crippen molar-refractivity contribution in [2.45, 2.75) is 80.2 Å². The van der Waals surface area contributed by atoms with Gasteiger partial charge in [-0.25, -0.2) is 0 Å². The molecular weight excluding hydrogens is 410 g/mol. The number of hydrogen-bond acceptors (Lipinski definition) is 1. The van der Waals surface area contributed by atoms with Crippen molar-refractivity contribution < 1.29 is 0 Å². The van der Waals surface area contributed by atoms with Crippen LogP contribution in [0.3, 0.4) is 0 Å². The number of hydrogen-bond donors (Lipinski definition) is 1. The van der Waals surface area contributed by atoms with Crippen LogP contribution >= 0.6 is 0 Å². The number of allylic oxidation sites excluding steroid dienone is 7. The van der Waals surface area contributed by atoms with Gasteiger partial charge >= 0.3 is 0 Å². The number of rotatable bonds is 6. The molecule has 2 aromatic rings. The fraction of sp³-hybridized carbons (Fsp3) is 0.394. The van der Waals surface area contributed by atoms with Crippen molar-refractivity contribution >= 4 is 0 Å². The smallest absolute Gasteiger partial charge is 0.0400 e. The van der Waals surface area contributed by atoms with E-state index in [1.54, 1.807) is 5.57 Å². The third kappa shape index (κ3) is 9.59. The summed E-state index contributed by atoms with van der Waals surface area (Å²) in [6.07, 6.45) is 13.5. The molecule has 1 saturated carbocycles. The number of aryl methyl sites for hydroxylation is 3. The Morgan fingerprint density at radius 1 is 0.971 bits per heavy atom. The molecular formula is C33H45N. The van der Waals surface area contributed by atoms with Crippen molar-refractivity contribution in [2.75, 3.05) is 0 Å². The molecule has 0 spiro atoms. The van der Waals surface area contributed by atoms with E-state index in [2.05, 4.69) is 113 Å². The Kier molecular flexibility index (Phi) is 11.7. The van der Waals surface area contributed by atoms with Gasteiger partial charge in [0.05, 0.1) is 0 Å². The third-order valence-corrected chi connectivity index (χ3v) is 6.40. The molecule has 1 heteroatoms. The number of nitrogens with one attached hydrogen (secondary N) is 1. The van der Waals surface area contributed by atoms with Crippen LogP contribution in [0.1, 0.15) is 75.6 Å². The summed E-state index contributed by atoms with van der Waals surface area (Å²) in [6.45, 7) is 17.5. The second kappa shape index (κ2) is 14.5. The van der Waals surface area contributed by atoms with Crippen molar-refractivity contribution in [3.8, 4) is 0 Å². The molecule has 0 atom stereocenters. The fourth-order valence-electron chi connectivity index (χ4n) is 4.03. The quantitative estimate of drug-likeness (QED) is 0.458. The summed E-state index contributed by atoms with van der Waals surface area (Å²) >= 11 is 0. The van der Waals surface area contributed by atoms with E-state index in [4.69, 9.17) is 0 Å². The Morgan fingerprint density at radius 2 is 1.62 bits per heavy atom. The van der Waals surface area contributed by atoms with Crippen LogP contribution in [-0.2, 0) is 13.0 Å². The maximum absolute atomic E-state index is 3.79. The third-order valence-electron chi connectivity index (χ3n) is 6.40. The van der Waals surface area contributed by atoms with E-state index in [1.807, 2.05) is 6.92 Å². The molecule has 2 aliphatic carbocycles. The molecule has 0 radical (unpaired) electrons. The summed E-state index contributed by atoms with van der Waals surface area (Å²) in [6, 6.07) is 17.0. The van der Waals surface area contributed by atoms with Gasteiger partial charge < -0.3 is 5.32 Å². The minimum absolute atomic E-state index is 0.877. The minimum Gasteiger partial charge on any atom is -0.385 e. The Balaban J connectivity index is 0.000000183. The van der Waals surface area contributed by atoms with Gasteiger partial charge in [-0.3, -0.25) is 0 Å². The maximum atomic E-state index is 3.79. The molecule has 0 bridgehead atoms. The molecule has 1 nitrogen and oxygen atoms in total. The van der Waals surface area contributed by atoms with Gasteiger partial charge in [-0.05, 0) is 106 Å². The Morgan fingerprint density at radius 3 is 2.15 bits per heavy atom. The minimum atomic E-state index is 0.877. The topological polar surface area (TPSA) is 12.0 Å². The van der Waals surface area contributed by atoms with E-state index in [9.17, 15) is 0 Å². The lowest BCUT2D eigenvalue weighted by atomic mass is 9.90.